The third-order valence-corrected chi connectivity index (χ3v) is 5.16. The molecule has 33 heavy (non-hydrogen) atoms. The Bertz CT molecular complexity index is 1090. The SMILES string of the molecule is CNC(=O)C(C(=O)NO)N(C)C(=O)c1ccc(-c2ccc(NCc3ccncc3)cc2)cc1. The lowest BCUT2D eigenvalue weighted by Crippen LogP contribution is -2.54. The van der Waals surface area contributed by atoms with Crippen LogP contribution in [-0.4, -0.2) is 52.9 Å². The van der Waals surface area contributed by atoms with Crippen molar-refractivity contribution in [2.24, 2.45) is 0 Å². The standard InChI is InChI=1S/C24H25N5O4/c1-25-22(30)21(23(31)28-33)29(2)24(32)19-5-3-17(4-6-19)18-7-9-20(10-8-18)27-15-16-11-13-26-14-12-16/h3-14,21,27,33H,15H2,1-2H3,(H,25,30)(H,28,31). The predicted octanol–water partition coefficient (Wildman–Crippen LogP) is 2.05. The maximum atomic E-state index is 12.8. The molecule has 1 aromatic heterocycles. The van der Waals surface area contributed by atoms with E-state index in [2.05, 4.69) is 15.6 Å². The number of hydroxylamine groups is 1. The first-order valence-electron chi connectivity index (χ1n) is 10.2. The molecule has 0 bridgehead atoms. The van der Waals surface area contributed by atoms with E-state index in [4.69, 9.17) is 5.21 Å². The van der Waals surface area contributed by atoms with Gasteiger partial charge >= 0.3 is 0 Å². The predicted molar refractivity (Wildman–Crippen MR) is 123 cm³/mol. The summed E-state index contributed by atoms with van der Waals surface area (Å²) in [5, 5.41) is 14.6. The number of nitrogens with zero attached hydrogens (tertiary/aromatic N) is 2. The number of nitrogens with one attached hydrogen (secondary N) is 3. The lowest BCUT2D eigenvalue weighted by atomic mass is 10.0. The fourth-order valence-electron chi connectivity index (χ4n) is 3.28. The van der Waals surface area contributed by atoms with Gasteiger partial charge in [-0.15, -0.1) is 0 Å². The number of benzene rings is 2. The van der Waals surface area contributed by atoms with Crippen LogP contribution in [0.5, 0.6) is 0 Å². The minimum atomic E-state index is -1.50. The number of amides is 3. The third kappa shape index (κ3) is 5.72. The second-order valence-corrected chi connectivity index (χ2v) is 7.27. The number of aromatic nitrogens is 1. The van der Waals surface area contributed by atoms with Gasteiger partial charge in [0.15, 0.2) is 6.04 Å². The number of carbonyl (C=O) groups is 3. The van der Waals surface area contributed by atoms with Gasteiger partial charge in [0.05, 0.1) is 0 Å². The smallest absolute Gasteiger partial charge is 0.275 e. The zero-order chi connectivity index (χ0) is 23.8. The maximum Gasteiger partial charge on any atom is 0.275 e. The summed E-state index contributed by atoms with van der Waals surface area (Å²) in [4.78, 5) is 41.6. The quantitative estimate of drug-likeness (QED) is 0.238. The molecule has 1 unspecified atom stereocenters. The van der Waals surface area contributed by atoms with Gasteiger partial charge in [0.1, 0.15) is 0 Å². The van der Waals surface area contributed by atoms with E-state index in [1.54, 1.807) is 36.7 Å². The van der Waals surface area contributed by atoms with Gasteiger partial charge in [-0.2, -0.15) is 0 Å². The number of anilines is 1. The summed E-state index contributed by atoms with van der Waals surface area (Å²) >= 11 is 0. The largest absolute Gasteiger partial charge is 0.381 e. The lowest BCUT2D eigenvalue weighted by molar-refractivity contribution is -0.140. The molecular weight excluding hydrogens is 422 g/mol. The van der Waals surface area contributed by atoms with Crippen molar-refractivity contribution < 1.29 is 19.6 Å². The molecule has 0 fully saturated rings. The summed E-state index contributed by atoms with van der Waals surface area (Å²) in [5.41, 5.74) is 5.71. The molecule has 2 aromatic carbocycles. The van der Waals surface area contributed by atoms with Crippen LogP contribution in [0.25, 0.3) is 11.1 Å². The van der Waals surface area contributed by atoms with Crippen molar-refractivity contribution in [3.63, 3.8) is 0 Å². The van der Waals surface area contributed by atoms with Crippen molar-refractivity contribution in [3.05, 3.63) is 84.2 Å². The van der Waals surface area contributed by atoms with Gasteiger partial charge in [-0.25, -0.2) is 5.48 Å². The first-order valence-corrected chi connectivity index (χ1v) is 10.2. The molecule has 0 aliphatic carbocycles. The number of hydrogen-bond acceptors (Lipinski definition) is 6. The normalized spacial score (nSPS) is 11.2. The Kier molecular flexibility index (Phi) is 7.72. The monoisotopic (exact) mass is 447 g/mol. The molecule has 0 aliphatic heterocycles. The van der Waals surface area contributed by atoms with Gasteiger partial charge in [0.25, 0.3) is 17.7 Å². The molecule has 0 saturated heterocycles. The van der Waals surface area contributed by atoms with E-state index in [9.17, 15) is 14.4 Å². The van der Waals surface area contributed by atoms with E-state index in [0.717, 1.165) is 27.3 Å². The van der Waals surface area contributed by atoms with Crippen LogP contribution in [0.1, 0.15) is 15.9 Å². The van der Waals surface area contributed by atoms with Crippen molar-refractivity contribution >= 4 is 23.4 Å². The summed E-state index contributed by atoms with van der Waals surface area (Å²) in [6, 6.07) is 17.2. The second-order valence-electron chi connectivity index (χ2n) is 7.27. The molecule has 0 spiro atoms. The van der Waals surface area contributed by atoms with Gasteiger partial charge in [0, 0.05) is 44.3 Å². The Balaban J connectivity index is 1.68. The Hall–Kier alpha value is -4.24. The van der Waals surface area contributed by atoms with Gasteiger partial charge in [0.2, 0.25) is 0 Å². The summed E-state index contributed by atoms with van der Waals surface area (Å²) in [7, 11) is 2.66. The zero-order valence-electron chi connectivity index (χ0n) is 18.3. The van der Waals surface area contributed by atoms with Crippen LogP contribution in [0.3, 0.4) is 0 Å². The topological polar surface area (TPSA) is 124 Å². The highest BCUT2D eigenvalue weighted by Gasteiger charge is 2.33. The minimum absolute atomic E-state index is 0.302. The van der Waals surface area contributed by atoms with Crippen LogP contribution in [0.2, 0.25) is 0 Å². The first kappa shape index (κ1) is 23.4. The van der Waals surface area contributed by atoms with Gasteiger partial charge in [-0.3, -0.25) is 24.6 Å². The molecule has 3 rings (SSSR count). The number of likely N-dealkylation sites (N-methyl/N-ethyl adjacent to an activating group) is 2. The first-order chi connectivity index (χ1) is 15.9. The summed E-state index contributed by atoms with van der Waals surface area (Å²) in [6.45, 7) is 0.692. The molecule has 0 aliphatic rings. The average Bonchev–Trinajstić information content (AvgIpc) is 2.87. The highest BCUT2D eigenvalue weighted by atomic mass is 16.5. The summed E-state index contributed by atoms with van der Waals surface area (Å²) in [6.07, 6.45) is 3.51. The molecule has 3 amide bonds. The molecule has 1 atom stereocenters. The van der Waals surface area contributed by atoms with Crippen LogP contribution in [-0.2, 0) is 16.1 Å². The van der Waals surface area contributed by atoms with Crippen LogP contribution in [0.15, 0.2) is 73.1 Å². The van der Waals surface area contributed by atoms with Crippen molar-refractivity contribution in [1.82, 2.24) is 20.7 Å². The van der Waals surface area contributed by atoms with Crippen molar-refractivity contribution in [2.75, 3.05) is 19.4 Å². The Morgan fingerprint density at radius 2 is 1.48 bits per heavy atom. The Morgan fingerprint density at radius 1 is 0.909 bits per heavy atom. The van der Waals surface area contributed by atoms with Crippen LogP contribution >= 0.6 is 0 Å². The summed E-state index contributed by atoms with van der Waals surface area (Å²) in [5.74, 6) is -2.25. The van der Waals surface area contributed by atoms with Crippen LogP contribution in [0.4, 0.5) is 5.69 Å². The molecule has 9 nitrogen and oxygen atoms in total. The number of pyridine rings is 1. The minimum Gasteiger partial charge on any atom is -0.381 e. The Labute approximate surface area is 191 Å². The van der Waals surface area contributed by atoms with Crippen molar-refractivity contribution in [1.29, 1.82) is 0 Å². The molecule has 0 saturated carbocycles. The molecule has 4 N–H and O–H groups in total. The highest BCUT2D eigenvalue weighted by Crippen LogP contribution is 2.23. The van der Waals surface area contributed by atoms with Crippen molar-refractivity contribution in [3.8, 4) is 11.1 Å². The van der Waals surface area contributed by atoms with E-state index in [1.807, 2.05) is 36.4 Å². The lowest BCUT2D eigenvalue weighted by Gasteiger charge is -2.25. The molecule has 170 valence electrons. The van der Waals surface area contributed by atoms with E-state index in [0.29, 0.717) is 12.1 Å². The maximum absolute atomic E-state index is 12.8. The van der Waals surface area contributed by atoms with Crippen molar-refractivity contribution in [2.45, 2.75) is 12.6 Å². The Morgan fingerprint density at radius 3 is 2.03 bits per heavy atom. The molecule has 1 heterocycles. The number of carbonyl (C=O) groups excluding carboxylic acids is 3. The second kappa shape index (κ2) is 10.9. The number of hydrogen-bond donors (Lipinski definition) is 4. The molecule has 3 aromatic rings. The van der Waals surface area contributed by atoms with Crippen LogP contribution in [0, 0.1) is 0 Å². The van der Waals surface area contributed by atoms with E-state index < -0.39 is 23.8 Å². The van der Waals surface area contributed by atoms with E-state index in [1.165, 1.54) is 19.6 Å². The highest BCUT2D eigenvalue weighted by molar-refractivity contribution is 6.08. The van der Waals surface area contributed by atoms with E-state index >= 15 is 0 Å². The zero-order valence-corrected chi connectivity index (χ0v) is 18.3. The van der Waals surface area contributed by atoms with Gasteiger partial charge in [-0.1, -0.05) is 24.3 Å². The molecule has 9 heteroatoms. The third-order valence-electron chi connectivity index (χ3n) is 5.16. The molecular formula is C24H25N5O4. The van der Waals surface area contributed by atoms with Gasteiger partial charge < -0.3 is 15.5 Å². The summed E-state index contributed by atoms with van der Waals surface area (Å²) < 4.78 is 0. The average molecular weight is 447 g/mol. The van der Waals surface area contributed by atoms with E-state index in [-0.39, 0.29) is 0 Å². The molecule has 0 radical (unpaired) electrons. The van der Waals surface area contributed by atoms with Crippen LogP contribution < -0.4 is 16.1 Å². The fraction of sp³-hybridized carbons (Fsp3) is 0.167. The van der Waals surface area contributed by atoms with Gasteiger partial charge in [-0.05, 0) is 53.1 Å². The number of rotatable bonds is 8. The fourth-order valence-corrected chi connectivity index (χ4v) is 3.28.